The van der Waals surface area contributed by atoms with E-state index in [0.29, 0.717) is 12.8 Å². The van der Waals surface area contributed by atoms with E-state index >= 15 is 0 Å². The molecule has 11 heteroatoms. The largest absolute Gasteiger partial charge is 0.467 e. The summed E-state index contributed by atoms with van der Waals surface area (Å²) in [7, 11) is 1.28. The number of benzene rings is 2. The number of fused-ring (bicyclic) bond motifs is 1. The standard InChI is InChI=1S/C30H34N6O5/c1-18-20(10-11-32-18)14-24(28(39)41-2)35-26(37)17-34-29(40)30(36-27(38)25-16-31-12-13-33-25)15-23(30)22-9-5-7-19-6-3-4-8-21(19)22/h3-9,12-13,16,18,20,23-24,32H,10-11,14-15,17H2,1-2H3,(H,34,40)(H,35,37)(H,36,38)/t18?,20-,23?,24-,30?/m0/s1. The smallest absolute Gasteiger partial charge is 0.328 e. The highest BCUT2D eigenvalue weighted by atomic mass is 16.5. The first-order valence-electron chi connectivity index (χ1n) is 13.8. The van der Waals surface area contributed by atoms with Gasteiger partial charge in [0.1, 0.15) is 17.3 Å². The summed E-state index contributed by atoms with van der Waals surface area (Å²) in [6, 6.07) is 13.1. The molecule has 5 atom stereocenters. The quantitative estimate of drug-likeness (QED) is 0.273. The number of methoxy groups -OCH3 is 1. The molecule has 0 bridgehead atoms. The Morgan fingerprint density at radius 1 is 1.12 bits per heavy atom. The molecular weight excluding hydrogens is 524 g/mol. The van der Waals surface area contributed by atoms with Crippen molar-refractivity contribution in [3.8, 4) is 0 Å². The van der Waals surface area contributed by atoms with Gasteiger partial charge in [0.15, 0.2) is 0 Å². The minimum Gasteiger partial charge on any atom is -0.467 e. The monoisotopic (exact) mass is 558 g/mol. The molecule has 11 nitrogen and oxygen atoms in total. The van der Waals surface area contributed by atoms with Crippen LogP contribution in [0.1, 0.15) is 48.2 Å². The molecular formula is C30H34N6O5. The Morgan fingerprint density at radius 2 is 1.93 bits per heavy atom. The van der Waals surface area contributed by atoms with E-state index in [2.05, 4.69) is 31.2 Å². The second-order valence-electron chi connectivity index (χ2n) is 10.7. The van der Waals surface area contributed by atoms with Crippen molar-refractivity contribution in [2.24, 2.45) is 5.92 Å². The molecule has 2 fully saturated rings. The summed E-state index contributed by atoms with van der Waals surface area (Å²) in [6.45, 7) is 2.53. The molecule has 1 aromatic heterocycles. The highest BCUT2D eigenvalue weighted by Gasteiger charge is 2.62. The number of carbonyl (C=O) groups excluding carboxylic acids is 4. The Hall–Kier alpha value is -4.38. The third-order valence-corrected chi connectivity index (χ3v) is 8.15. The van der Waals surface area contributed by atoms with Gasteiger partial charge in [-0.05, 0) is 55.0 Å². The zero-order valence-electron chi connectivity index (χ0n) is 23.1. The van der Waals surface area contributed by atoms with Crippen LogP contribution in [-0.4, -0.2) is 71.5 Å². The Morgan fingerprint density at radius 3 is 2.66 bits per heavy atom. The molecule has 5 rings (SSSR count). The minimum atomic E-state index is -1.29. The molecule has 2 aliphatic rings. The van der Waals surface area contributed by atoms with Crippen molar-refractivity contribution < 1.29 is 23.9 Å². The van der Waals surface area contributed by atoms with Crippen LogP contribution in [0.15, 0.2) is 61.1 Å². The summed E-state index contributed by atoms with van der Waals surface area (Å²) in [5, 5.41) is 13.6. The first-order valence-corrected chi connectivity index (χ1v) is 13.8. The van der Waals surface area contributed by atoms with E-state index in [1.165, 1.54) is 25.7 Å². The Labute approximate surface area is 237 Å². The van der Waals surface area contributed by atoms with E-state index in [1.807, 2.05) is 49.4 Å². The second-order valence-corrected chi connectivity index (χ2v) is 10.7. The summed E-state index contributed by atoms with van der Waals surface area (Å²) in [4.78, 5) is 60.1. The third kappa shape index (κ3) is 6.04. The second kappa shape index (κ2) is 12.0. The Bertz CT molecular complexity index is 1440. The molecule has 41 heavy (non-hydrogen) atoms. The van der Waals surface area contributed by atoms with Gasteiger partial charge in [-0.25, -0.2) is 9.78 Å². The molecule has 1 saturated carbocycles. The average molecular weight is 559 g/mol. The van der Waals surface area contributed by atoms with E-state index < -0.39 is 35.3 Å². The van der Waals surface area contributed by atoms with Gasteiger partial charge in [0.25, 0.3) is 5.91 Å². The summed E-state index contributed by atoms with van der Waals surface area (Å²) >= 11 is 0. The molecule has 3 unspecified atom stereocenters. The molecule has 2 aromatic carbocycles. The number of nitrogens with one attached hydrogen (secondary N) is 4. The SMILES string of the molecule is COC(=O)[C@H](C[C@@H]1CCNC1C)NC(=O)CNC(=O)C1(NC(=O)c2cnccn2)CC1c1cccc2ccccc12. The normalized spacial score (nSPS) is 23.8. The molecule has 1 aliphatic carbocycles. The third-order valence-electron chi connectivity index (χ3n) is 8.15. The Kier molecular flexibility index (Phi) is 8.25. The fourth-order valence-corrected chi connectivity index (χ4v) is 5.78. The lowest BCUT2D eigenvalue weighted by Gasteiger charge is -2.23. The molecule has 0 spiro atoms. The maximum absolute atomic E-state index is 13.7. The van der Waals surface area contributed by atoms with Crippen LogP contribution in [0.4, 0.5) is 0 Å². The van der Waals surface area contributed by atoms with Gasteiger partial charge in [-0.1, -0.05) is 42.5 Å². The number of ether oxygens (including phenoxy) is 1. The van der Waals surface area contributed by atoms with E-state index in [-0.39, 0.29) is 30.1 Å². The highest BCUT2D eigenvalue weighted by molar-refractivity contribution is 6.02. The van der Waals surface area contributed by atoms with Crippen molar-refractivity contribution >= 4 is 34.5 Å². The number of amides is 3. The van der Waals surface area contributed by atoms with Crippen LogP contribution >= 0.6 is 0 Å². The first kappa shape index (κ1) is 28.2. The molecule has 1 aliphatic heterocycles. The summed E-state index contributed by atoms with van der Waals surface area (Å²) in [5.74, 6) is -2.20. The van der Waals surface area contributed by atoms with Gasteiger partial charge >= 0.3 is 5.97 Å². The minimum absolute atomic E-state index is 0.0811. The molecule has 4 N–H and O–H groups in total. The number of hydrogen-bond acceptors (Lipinski definition) is 8. The predicted octanol–water partition coefficient (Wildman–Crippen LogP) is 1.45. The number of aromatic nitrogens is 2. The van der Waals surface area contributed by atoms with Crippen molar-refractivity contribution in [1.29, 1.82) is 0 Å². The zero-order chi connectivity index (χ0) is 29.0. The topological polar surface area (TPSA) is 151 Å². The number of esters is 1. The van der Waals surface area contributed by atoms with Gasteiger partial charge in [-0.15, -0.1) is 0 Å². The molecule has 2 heterocycles. The maximum Gasteiger partial charge on any atom is 0.328 e. The van der Waals surface area contributed by atoms with E-state index in [9.17, 15) is 19.2 Å². The van der Waals surface area contributed by atoms with Crippen LogP contribution in [0.25, 0.3) is 10.8 Å². The van der Waals surface area contributed by atoms with Crippen LogP contribution in [0.2, 0.25) is 0 Å². The van der Waals surface area contributed by atoms with Gasteiger partial charge < -0.3 is 26.0 Å². The van der Waals surface area contributed by atoms with Crippen molar-refractivity contribution in [3.63, 3.8) is 0 Å². The number of nitrogens with zero attached hydrogens (tertiary/aromatic N) is 2. The van der Waals surface area contributed by atoms with Crippen LogP contribution in [0.3, 0.4) is 0 Å². The molecule has 3 aromatic rings. The van der Waals surface area contributed by atoms with Crippen molar-refractivity contribution in [1.82, 2.24) is 31.2 Å². The van der Waals surface area contributed by atoms with Crippen molar-refractivity contribution in [3.05, 3.63) is 72.3 Å². The number of carbonyl (C=O) groups is 4. The molecule has 1 saturated heterocycles. The van der Waals surface area contributed by atoms with Crippen LogP contribution < -0.4 is 21.3 Å². The van der Waals surface area contributed by atoms with Gasteiger partial charge in [0, 0.05) is 24.4 Å². The first-order chi connectivity index (χ1) is 19.8. The fraction of sp³-hybridized carbons (Fsp3) is 0.400. The average Bonchev–Trinajstić information content (AvgIpc) is 3.58. The predicted molar refractivity (Wildman–Crippen MR) is 151 cm³/mol. The molecule has 0 radical (unpaired) electrons. The van der Waals surface area contributed by atoms with Gasteiger partial charge in [0.2, 0.25) is 11.8 Å². The molecule has 3 amide bonds. The van der Waals surface area contributed by atoms with Gasteiger partial charge in [-0.2, -0.15) is 0 Å². The maximum atomic E-state index is 13.7. The van der Waals surface area contributed by atoms with Crippen LogP contribution in [-0.2, 0) is 19.1 Å². The van der Waals surface area contributed by atoms with Gasteiger partial charge in [-0.3, -0.25) is 19.4 Å². The van der Waals surface area contributed by atoms with Crippen LogP contribution in [0.5, 0.6) is 0 Å². The summed E-state index contributed by atoms with van der Waals surface area (Å²) in [6.07, 6.45) is 5.86. The number of hydrogen-bond donors (Lipinski definition) is 4. The Balaban J connectivity index is 1.31. The lowest BCUT2D eigenvalue weighted by Crippen LogP contribution is -2.53. The van der Waals surface area contributed by atoms with E-state index in [1.54, 1.807) is 0 Å². The van der Waals surface area contributed by atoms with Crippen LogP contribution in [0, 0.1) is 5.92 Å². The summed E-state index contributed by atoms with van der Waals surface area (Å²) < 4.78 is 4.91. The van der Waals surface area contributed by atoms with Crippen molar-refractivity contribution in [2.45, 2.75) is 49.7 Å². The van der Waals surface area contributed by atoms with Crippen molar-refractivity contribution in [2.75, 3.05) is 20.2 Å². The zero-order valence-corrected chi connectivity index (χ0v) is 23.1. The van der Waals surface area contributed by atoms with E-state index in [4.69, 9.17) is 4.74 Å². The van der Waals surface area contributed by atoms with Gasteiger partial charge in [0.05, 0.1) is 19.9 Å². The number of rotatable bonds is 10. The fourth-order valence-electron chi connectivity index (χ4n) is 5.78. The highest BCUT2D eigenvalue weighted by Crippen LogP contribution is 2.53. The summed E-state index contributed by atoms with van der Waals surface area (Å²) in [5.41, 5.74) is -0.282. The lowest BCUT2D eigenvalue weighted by molar-refractivity contribution is -0.145. The lowest BCUT2D eigenvalue weighted by atomic mass is 9.93. The van der Waals surface area contributed by atoms with E-state index in [0.717, 1.165) is 29.3 Å². The molecule has 214 valence electrons.